The van der Waals surface area contributed by atoms with Gasteiger partial charge >= 0.3 is 0 Å². The third-order valence-corrected chi connectivity index (χ3v) is 14.2. The number of fused-ring (bicyclic) bond motifs is 7. The largest absolute Gasteiger partial charge is 0.310 e. The molecule has 0 amide bonds. The molecule has 0 radical (unpaired) electrons. The molecule has 1 unspecified atom stereocenters. The lowest BCUT2D eigenvalue weighted by atomic mass is 9.82. The number of hydrogen-bond acceptors (Lipinski definition) is 1. The van der Waals surface area contributed by atoms with Crippen LogP contribution in [-0.4, -0.2) is 4.57 Å². The molecule has 64 heavy (non-hydrogen) atoms. The SMILES string of the molecule is CC1C=CC(c2ccc3c(c2)c2ccccc2n3-c2ccc3c(c2)C(C)(C)c2cc(N(c4cccc(-c5ccccc5-c5ccccc5)c4)c4cccc5c4C=CCC5)ccc2-3)=CC1. The number of rotatable bonds is 7. The van der Waals surface area contributed by atoms with Crippen LogP contribution < -0.4 is 4.90 Å². The van der Waals surface area contributed by atoms with Gasteiger partial charge in [-0.15, -0.1) is 0 Å². The van der Waals surface area contributed by atoms with Crippen LogP contribution in [0, 0.1) is 5.92 Å². The zero-order valence-corrected chi connectivity index (χ0v) is 36.7. The Morgan fingerprint density at radius 1 is 0.547 bits per heavy atom. The topological polar surface area (TPSA) is 8.17 Å². The predicted octanol–water partition coefficient (Wildman–Crippen LogP) is 16.8. The van der Waals surface area contributed by atoms with Gasteiger partial charge in [0, 0.05) is 38.8 Å². The standard InChI is InChI=1S/C62H50N2/c1-41-27-29-42(30-28-41)45-31-36-61-56(38-45)55-24-11-12-25-60(55)64(61)49-33-35-54-53-34-32-48(39-57(53)62(2,3)58(54)40-49)63(59-26-14-18-44-17-7-8-23-52(44)59)47-20-13-19-46(37-47)51-22-10-9-21-50(51)43-15-5-4-6-16-43/h4-6,8-16,18-27,29-41H,7,17,28H2,1-3H3. The van der Waals surface area contributed by atoms with Crippen LogP contribution >= 0.6 is 0 Å². The van der Waals surface area contributed by atoms with Crippen molar-refractivity contribution in [1.82, 2.24) is 4.57 Å². The van der Waals surface area contributed by atoms with Gasteiger partial charge in [-0.3, -0.25) is 0 Å². The molecule has 0 fully saturated rings. The highest BCUT2D eigenvalue weighted by atomic mass is 15.1. The van der Waals surface area contributed by atoms with Crippen LogP contribution in [-0.2, 0) is 11.8 Å². The van der Waals surface area contributed by atoms with Crippen molar-refractivity contribution in [2.75, 3.05) is 4.90 Å². The monoisotopic (exact) mass is 822 g/mol. The fraction of sp³-hybridized carbons (Fsp3) is 0.129. The Bertz CT molecular complexity index is 3410. The Kier molecular flexibility index (Phi) is 9.05. The molecule has 3 aliphatic carbocycles. The lowest BCUT2D eigenvalue weighted by molar-refractivity contribution is 0.660. The number of para-hydroxylation sites is 1. The van der Waals surface area contributed by atoms with E-state index in [1.54, 1.807) is 0 Å². The van der Waals surface area contributed by atoms with E-state index in [-0.39, 0.29) is 5.41 Å². The minimum Gasteiger partial charge on any atom is -0.310 e. The van der Waals surface area contributed by atoms with Crippen molar-refractivity contribution in [3.05, 3.63) is 228 Å². The number of hydrogen-bond donors (Lipinski definition) is 0. The van der Waals surface area contributed by atoms with E-state index in [4.69, 9.17) is 0 Å². The number of anilines is 3. The third-order valence-electron chi connectivity index (χ3n) is 14.2. The molecule has 308 valence electrons. The van der Waals surface area contributed by atoms with E-state index >= 15 is 0 Å². The van der Waals surface area contributed by atoms with Gasteiger partial charge in [0.25, 0.3) is 0 Å². The zero-order valence-electron chi connectivity index (χ0n) is 36.7. The molecule has 1 heterocycles. The van der Waals surface area contributed by atoms with Crippen molar-refractivity contribution in [3.8, 4) is 39.1 Å². The van der Waals surface area contributed by atoms with Crippen LogP contribution in [0.15, 0.2) is 200 Å². The molecule has 8 aromatic carbocycles. The van der Waals surface area contributed by atoms with Gasteiger partial charge in [-0.1, -0.05) is 166 Å². The average molecular weight is 823 g/mol. The van der Waals surface area contributed by atoms with Gasteiger partial charge in [0.05, 0.1) is 16.7 Å². The summed E-state index contributed by atoms with van der Waals surface area (Å²) in [4.78, 5) is 2.50. The van der Waals surface area contributed by atoms with Gasteiger partial charge in [-0.05, 0) is 147 Å². The number of nitrogens with zero attached hydrogens (tertiary/aromatic N) is 2. The second-order valence-electron chi connectivity index (χ2n) is 18.5. The first-order valence-electron chi connectivity index (χ1n) is 23.0. The Morgan fingerprint density at radius 2 is 1.27 bits per heavy atom. The first kappa shape index (κ1) is 38.3. The minimum absolute atomic E-state index is 0.238. The van der Waals surface area contributed by atoms with Crippen LogP contribution in [0.5, 0.6) is 0 Å². The maximum atomic E-state index is 2.50. The van der Waals surface area contributed by atoms with Crippen LogP contribution in [0.3, 0.4) is 0 Å². The van der Waals surface area contributed by atoms with Gasteiger partial charge in [-0.25, -0.2) is 0 Å². The van der Waals surface area contributed by atoms with Crippen molar-refractivity contribution in [2.24, 2.45) is 5.92 Å². The van der Waals surface area contributed by atoms with Crippen molar-refractivity contribution in [3.63, 3.8) is 0 Å². The second kappa shape index (κ2) is 15.1. The number of aromatic nitrogens is 1. The highest BCUT2D eigenvalue weighted by molar-refractivity contribution is 6.10. The molecule has 1 atom stereocenters. The smallest absolute Gasteiger partial charge is 0.0541 e. The molecular weight excluding hydrogens is 773 g/mol. The van der Waals surface area contributed by atoms with Crippen LogP contribution in [0.2, 0.25) is 0 Å². The third kappa shape index (κ3) is 6.23. The van der Waals surface area contributed by atoms with Crippen molar-refractivity contribution < 1.29 is 0 Å². The lowest BCUT2D eigenvalue weighted by Crippen LogP contribution is -2.17. The molecule has 0 aliphatic heterocycles. The van der Waals surface area contributed by atoms with Gasteiger partial charge in [0.2, 0.25) is 0 Å². The maximum absolute atomic E-state index is 2.50. The summed E-state index contributed by atoms with van der Waals surface area (Å²) in [6, 6.07) is 65.8. The number of benzene rings is 8. The normalized spacial score (nSPS) is 15.8. The Balaban J connectivity index is 0.975. The van der Waals surface area contributed by atoms with Crippen LogP contribution in [0.4, 0.5) is 17.1 Å². The fourth-order valence-electron chi connectivity index (χ4n) is 10.9. The predicted molar refractivity (Wildman–Crippen MR) is 272 cm³/mol. The number of allylic oxidation sites excluding steroid dienone is 5. The molecule has 3 aliphatic rings. The quantitative estimate of drug-likeness (QED) is 0.155. The molecule has 0 bridgehead atoms. The van der Waals surface area contributed by atoms with Gasteiger partial charge in [0.15, 0.2) is 0 Å². The van der Waals surface area contributed by atoms with Gasteiger partial charge in [0.1, 0.15) is 0 Å². The first-order chi connectivity index (χ1) is 31.4. The van der Waals surface area contributed by atoms with E-state index in [0.717, 1.165) is 30.6 Å². The fourth-order valence-corrected chi connectivity index (χ4v) is 10.9. The van der Waals surface area contributed by atoms with E-state index in [2.05, 4.69) is 237 Å². The van der Waals surface area contributed by atoms with E-state index in [9.17, 15) is 0 Å². The summed E-state index contributed by atoms with van der Waals surface area (Å²) in [5, 5.41) is 2.57. The molecule has 0 saturated carbocycles. The van der Waals surface area contributed by atoms with Gasteiger partial charge in [-0.2, -0.15) is 0 Å². The molecule has 2 heteroatoms. The molecule has 1 aromatic heterocycles. The highest BCUT2D eigenvalue weighted by Crippen LogP contribution is 2.52. The Morgan fingerprint density at radius 3 is 2.11 bits per heavy atom. The Hall–Kier alpha value is -7.42. The Labute approximate surface area is 376 Å². The van der Waals surface area contributed by atoms with E-state index < -0.39 is 0 Å². The molecule has 0 saturated heterocycles. The molecule has 0 spiro atoms. The molecule has 0 N–H and O–H groups in total. The van der Waals surface area contributed by atoms with E-state index in [0.29, 0.717) is 5.92 Å². The summed E-state index contributed by atoms with van der Waals surface area (Å²) in [5.74, 6) is 0.591. The first-order valence-corrected chi connectivity index (χ1v) is 23.0. The molecular formula is C62H50N2. The van der Waals surface area contributed by atoms with E-state index in [1.807, 2.05) is 0 Å². The van der Waals surface area contributed by atoms with Gasteiger partial charge < -0.3 is 9.47 Å². The molecule has 2 nitrogen and oxygen atoms in total. The number of aryl methyl sites for hydroxylation is 1. The van der Waals surface area contributed by atoms with Crippen molar-refractivity contribution >= 4 is 50.5 Å². The lowest BCUT2D eigenvalue weighted by Gasteiger charge is -2.31. The van der Waals surface area contributed by atoms with E-state index in [1.165, 1.54) is 100.0 Å². The van der Waals surface area contributed by atoms with Crippen LogP contribution in [0.25, 0.3) is 72.5 Å². The maximum Gasteiger partial charge on any atom is 0.0541 e. The summed E-state index contributed by atoms with van der Waals surface area (Å²) in [6.45, 7) is 7.11. The summed E-state index contributed by atoms with van der Waals surface area (Å²) in [7, 11) is 0. The minimum atomic E-state index is -0.238. The molecule has 9 aromatic rings. The zero-order chi connectivity index (χ0) is 42.9. The summed E-state index contributed by atoms with van der Waals surface area (Å²) < 4.78 is 2.48. The van der Waals surface area contributed by atoms with Crippen molar-refractivity contribution in [2.45, 2.75) is 45.4 Å². The summed E-state index contributed by atoms with van der Waals surface area (Å²) >= 11 is 0. The van der Waals surface area contributed by atoms with Crippen LogP contribution in [0.1, 0.15) is 61.4 Å². The summed E-state index contributed by atoms with van der Waals surface area (Å²) in [5.41, 5.74) is 22.4. The van der Waals surface area contributed by atoms with Crippen molar-refractivity contribution in [1.29, 1.82) is 0 Å². The average Bonchev–Trinajstić information content (AvgIpc) is 3.79. The second-order valence-corrected chi connectivity index (χ2v) is 18.5. The summed E-state index contributed by atoms with van der Waals surface area (Å²) in [6.07, 6.45) is 14.9. The molecule has 12 rings (SSSR count). The highest BCUT2D eigenvalue weighted by Gasteiger charge is 2.37.